The van der Waals surface area contributed by atoms with E-state index in [-0.39, 0.29) is 12.0 Å². The van der Waals surface area contributed by atoms with Gasteiger partial charge >= 0.3 is 6.09 Å². The van der Waals surface area contributed by atoms with Crippen molar-refractivity contribution in [2.24, 2.45) is 7.05 Å². The molecule has 1 aliphatic heterocycles. The van der Waals surface area contributed by atoms with E-state index in [1.54, 1.807) is 9.58 Å². The van der Waals surface area contributed by atoms with E-state index < -0.39 is 5.60 Å². The molecule has 0 spiro atoms. The summed E-state index contributed by atoms with van der Waals surface area (Å²) in [5.74, 6) is 0.795. The second-order valence-corrected chi connectivity index (χ2v) is 11.2. The summed E-state index contributed by atoms with van der Waals surface area (Å²) in [6.45, 7) is 12.5. The van der Waals surface area contributed by atoms with Crippen LogP contribution in [0.4, 0.5) is 10.6 Å². The van der Waals surface area contributed by atoms with Crippen LogP contribution in [-0.2, 0) is 21.3 Å². The molecule has 1 saturated heterocycles. The Labute approximate surface area is 232 Å². The first-order chi connectivity index (χ1) is 18.1. The summed E-state index contributed by atoms with van der Waals surface area (Å²) in [6, 6.07) is 0. The smallest absolute Gasteiger partial charge is 0.410 e. The van der Waals surface area contributed by atoms with Gasteiger partial charge in [0.05, 0.1) is 22.6 Å². The van der Waals surface area contributed by atoms with Gasteiger partial charge in [-0.15, -0.1) is 0 Å². The minimum absolute atomic E-state index is 0.00655. The number of aromatic nitrogens is 5. The zero-order valence-corrected chi connectivity index (χ0v) is 24.7. The molecular weight excluding hydrogens is 554 g/mol. The lowest BCUT2D eigenvalue weighted by molar-refractivity contribution is 0.0197. The highest BCUT2D eigenvalue weighted by Gasteiger charge is 2.32. The molecule has 1 amide bonds. The van der Waals surface area contributed by atoms with Crippen LogP contribution in [0.2, 0.25) is 0 Å². The zero-order valence-electron chi connectivity index (χ0n) is 23.1. The number of aryl methyl sites for hydroxylation is 1. The van der Waals surface area contributed by atoms with Gasteiger partial charge in [-0.05, 0) is 63.4 Å². The fourth-order valence-electron chi connectivity index (χ4n) is 4.54. The molecule has 0 aliphatic carbocycles. The molecule has 0 aromatic carbocycles. The molecule has 4 rings (SSSR count). The maximum absolute atomic E-state index is 12.9. The summed E-state index contributed by atoms with van der Waals surface area (Å²) >= 11 is 3.87. The van der Waals surface area contributed by atoms with Crippen molar-refractivity contribution in [1.29, 1.82) is 0 Å². The Kier molecular flexibility index (Phi) is 8.94. The quantitative estimate of drug-likeness (QED) is 0.327. The van der Waals surface area contributed by atoms with Crippen LogP contribution in [0, 0.1) is 0 Å². The summed E-state index contributed by atoms with van der Waals surface area (Å²) in [6.07, 6.45) is 7.02. The average molecular weight is 593 g/mol. The van der Waals surface area contributed by atoms with E-state index in [0.717, 1.165) is 40.0 Å². The van der Waals surface area contributed by atoms with E-state index in [1.807, 2.05) is 69.7 Å². The molecule has 1 unspecified atom stereocenters. The normalized spacial score (nSPS) is 16.3. The summed E-state index contributed by atoms with van der Waals surface area (Å²) in [4.78, 5) is 21.8. The molecule has 0 radical (unpaired) electrons. The van der Waals surface area contributed by atoms with Crippen molar-refractivity contribution in [2.75, 3.05) is 44.7 Å². The molecule has 1 aliphatic rings. The van der Waals surface area contributed by atoms with Gasteiger partial charge in [-0.1, -0.05) is 0 Å². The van der Waals surface area contributed by atoms with Gasteiger partial charge in [0.1, 0.15) is 19.1 Å². The monoisotopic (exact) mass is 591 g/mol. The number of ether oxygens (including phenoxy) is 3. The Morgan fingerprint density at radius 2 is 1.87 bits per heavy atom. The van der Waals surface area contributed by atoms with Crippen molar-refractivity contribution >= 4 is 33.5 Å². The molecule has 3 aromatic rings. The standard InChI is InChI=1S/C26H38BrN7O4/c1-7-36-16-33(17-37-8-2)24-21(27)22(18-10-9-11-32(15-18)25(35)38-26(3,4)5)30-23-20(13-29-34(23)24)19-12-28-31(6)14-19/h12-14,18H,7-11,15-17H2,1-6H3. The maximum atomic E-state index is 12.9. The van der Waals surface area contributed by atoms with Crippen LogP contribution in [0.3, 0.4) is 0 Å². The van der Waals surface area contributed by atoms with Crippen molar-refractivity contribution in [3.63, 3.8) is 0 Å². The van der Waals surface area contributed by atoms with E-state index in [9.17, 15) is 4.79 Å². The molecule has 12 heteroatoms. The van der Waals surface area contributed by atoms with Crippen LogP contribution in [0.15, 0.2) is 23.1 Å². The molecule has 1 fully saturated rings. The highest BCUT2D eigenvalue weighted by Crippen LogP contribution is 2.39. The third kappa shape index (κ3) is 6.29. The van der Waals surface area contributed by atoms with Gasteiger partial charge in [0.15, 0.2) is 11.5 Å². The highest BCUT2D eigenvalue weighted by atomic mass is 79.9. The zero-order chi connectivity index (χ0) is 27.4. The first-order valence-corrected chi connectivity index (χ1v) is 13.9. The van der Waals surface area contributed by atoms with Gasteiger partial charge in [-0.25, -0.2) is 9.78 Å². The molecule has 208 valence electrons. The second kappa shape index (κ2) is 12.0. The highest BCUT2D eigenvalue weighted by molar-refractivity contribution is 9.10. The molecule has 38 heavy (non-hydrogen) atoms. The number of fused-ring (bicyclic) bond motifs is 1. The van der Waals surface area contributed by atoms with Crippen molar-refractivity contribution in [2.45, 2.75) is 59.0 Å². The fourth-order valence-corrected chi connectivity index (χ4v) is 5.37. The third-order valence-corrected chi connectivity index (χ3v) is 7.03. The minimum atomic E-state index is -0.551. The van der Waals surface area contributed by atoms with Gasteiger partial charge in [0.2, 0.25) is 0 Å². The Morgan fingerprint density at radius 1 is 1.16 bits per heavy atom. The van der Waals surface area contributed by atoms with Crippen LogP contribution in [-0.4, -0.2) is 80.7 Å². The largest absolute Gasteiger partial charge is 0.444 e. The first-order valence-electron chi connectivity index (χ1n) is 13.1. The molecule has 3 aromatic heterocycles. The number of carbonyl (C=O) groups is 1. The number of nitrogens with zero attached hydrogens (tertiary/aromatic N) is 7. The second-order valence-electron chi connectivity index (χ2n) is 10.4. The number of piperidine rings is 1. The SMILES string of the molecule is CCOCN(COCC)c1c(Br)c(C2CCCN(C(=O)OC(C)(C)C)C2)nc2c(-c3cnn(C)c3)cnn12. The Hall–Kier alpha value is -2.70. The fraction of sp³-hybridized carbons (Fsp3) is 0.615. The van der Waals surface area contributed by atoms with Crippen LogP contribution in [0.5, 0.6) is 0 Å². The van der Waals surface area contributed by atoms with Gasteiger partial charge in [0, 0.05) is 56.6 Å². The summed E-state index contributed by atoms with van der Waals surface area (Å²) < 4.78 is 21.7. The number of hydrogen-bond acceptors (Lipinski definition) is 8. The number of likely N-dealkylation sites (tertiary alicyclic amines) is 1. The van der Waals surface area contributed by atoms with Crippen molar-refractivity contribution in [1.82, 2.24) is 29.3 Å². The molecule has 1 atom stereocenters. The van der Waals surface area contributed by atoms with E-state index in [4.69, 9.17) is 24.3 Å². The summed E-state index contributed by atoms with van der Waals surface area (Å²) in [5.41, 5.74) is 2.82. The number of rotatable bonds is 9. The van der Waals surface area contributed by atoms with Crippen molar-refractivity contribution in [3.05, 3.63) is 28.8 Å². The van der Waals surface area contributed by atoms with Crippen molar-refractivity contribution < 1.29 is 19.0 Å². The molecular formula is C26H38BrN7O4. The number of anilines is 1. The number of hydrogen-bond donors (Lipinski definition) is 0. The lowest BCUT2D eigenvalue weighted by atomic mass is 9.94. The third-order valence-electron chi connectivity index (χ3n) is 6.27. The van der Waals surface area contributed by atoms with Crippen LogP contribution >= 0.6 is 15.9 Å². The summed E-state index contributed by atoms with van der Waals surface area (Å²) in [7, 11) is 1.88. The van der Waals surface area contributed by atoms with Gasteiger partial charge < -0.3 is 24.0 Å². The van der Waals surface area contributed by atoms with E-state index >= 15 is 0 Å². The Balaban J connectivity index is 1.81. The number of carbonyl (C=O) groups excluding carboxylic acids is 1. The lowest BCUT2D eigenvalue weighted by Gasteiger charge is -2.35. The van der Waals surface area contributed by atoms with Crippen LogP contribution in [0.1, 0.15) is 59.1 Å². The van der Waals surface area contributed by atoms with Gasteiger partial charge in [-0.3, -0.25) is 4.68 Å². The average Bonchev–Trinajstić information content (AvgIpc) is 3.49. The molecule has 4 heterocycles. The van der Waals surface area contributed by atoms with Gasteiger partial charge in [-0.2, -0.15) is 14.7 Å². The number of amides is 1. The maximum Gasteiger partial charge on any atom is 0.410 e. The van der Waals surface area contributed by atoms with Crippen LogP contribution in [0.25, 0.3) is 16.8 Å². The van der Waals surface area contributed by atoms with Gasteiger partial charge in [0.25, 0.3) is 0 Å². The molecule has 11 nitrogen and oxygen atoms in total. The predicted molar refractivity (Wildman–Crippen MR) is 148 cm³/mol. The number of halogens is 1. The van der Waals surface area contributed by atoms with E-state index in [2.05, 4.69) is 21.0 Å². The Bertz CT molecular complexity index is 1240. The summed E-state index contributed by atoms with van der Waals surface area (Å²) in [5, 5.41) is 9.06. The minimum Gasteiger partial charge on any atom is -0.444 e. The molecule has 0 saturated carbocycles. The van der Waals surface area contributed by atoms with Crippen LogP contribution < -0.4 is 4.90 Å². The molecule has 0 bridgehead atoms. The lowest BCUT2D eigenvalue weighted by Crippen LogP contribution is -2.42. The first kappa shape index (κ1) is 28.3. The molecule has 0 N–H and O–H groups in total. The van der Waals surface area contributed by atoms with E-state index in [1.165, 1.54) is 0 Å². The topological polar surface area (TPSA) is 99.3 Å². The predicted octanol–water partition coefficient (Wildman–Crippen LogP) is 4.80. The van der Waals surface area contributed by atoms with E-state index in [0.29, 0.717) is 45.4 Å². The Morgan fingerprint density at radius 3 is 2.47 bits per heavy atom. The van der Waals surface area contributed by atoms with Crippen molar-refractivity contribution in [3.8, 4) is 11.1 Å².